The van der Waals surface area contributed by atoms with Crippen molar-refractivity contribution in [3.8, 4) is 0 Å². The summed E-state index contributed by atoms with van der Waals surface area (Å²) in [6.07, 6.45) is 7.24. The lowest BCUT2D eigenvalue weighted by atomic mass is 9.49. The quantitative estimate of drug-likeness (QED) is 0.503. The first-order chi connectivity index (χ1) is 13.1. The molecule has 1 heterocycles. The van der Waals surface area contributed by atoms with Crippen LogP contribution in [-0.2, 0) is 10.5 Å². The van der Waals surface area contributed by atoms with Gasteiger partial charge in [-0.2, -0.15) is 0 Å². The van der Waals surface area contributed by atoms with Crippen LogP contribution in [0.1, 0.15) is 44.1 Å². The number of halogens is 1. The van der Waals surface area contributed by atoms with E-state index in [1.165, 1.54) is 30.6 Å². The minimum atomic E-state index is -0.144. The van der Waals surface area contributed by atoms with Crippen molar-refractivity contribution >= 4 is 45.7 Å². The summed E-state index contributed by atoms with van der Waals surface area (Å²) in [7, 11) is 0. The Morgan fingerprint density at radius 2 is 1.89 bits per heavy atom. The predicted octanol–water partition coefficient (Wildman–Crippen LogP) is 5.64. The third kappa shape index (κ3) is 3.64. The molecule has 4 aliphatic carbocycles. The van der Waals surface area contributed by atoms with Crippen LogP contribution in [0.4, 0.5) is 5.13 Å². The molecule has 0 spiro atoms. The number of rotatable bonds is 5. The van der Waals surface area contributed by atoms with E-state index in [4.69, 9.17) is 11.6 Å². The number of thioether (sulfide) groups is 1. The highest BCUT2D eigenvalue weighted by atomic mass is 35.5. The molecule has 142 valence electrons. The van der Waals surface area contributed by atoms with Gasteiger partial charge in [0.2, 0.25) is 11.0 Å². The van der Waals surface area contributed by atoms with E-state index < -0.39 is 0 Å². The Balaban J connectivity index is 1.22. The molecule has 27 heavy (non-hydrogen) atoms. The van der Waals surface area contributed by atoms with Crippen LogP contribution < -0.4 is 5.32 Å². The summed E-state index contributed by atoms with van der Waals surface area (Å²) >= 11 is 9.12. The molecule has 6 rings (SSSR count). The summed E-state index contributed by atoms with van der Waals surface area (Å²) in [5, 5.41) is 12.9. The molecule has 0 aliphatic heterocycles. The van der Waals surface area contributed by atoms with Crippen molar-refractivity contribution in [3.05, 3.63) is 34.9 Å². The van der Waals surface area contributed by atoms with Gasteiger partial charge in [0.1, 0.15) is 0 Å². The maximum Gasteiger partial charge on any atom is 0.232 e. The first-order valence-electron chi connectivity index (χ1n) is 9.60. The van der Waals surface area contributed by atoms with E-state index in [0.29, 0.717) is 5.13 Å². The second-order valence-corrected chi connectivity index (χ2v) is 11.1. The van der Waals surface area contributed by atoms with Gasteiger partial charge in [-0.05, 0) is 74.0 Å². The summed E-state index contributed by atoms with van der Waals surface area (Å²) in [6, 6.07) is 7.84. The predicted molar refractivity (Wildman–Crippen MR) is 110 cm³/mol. The molecule has 1 N–H and O–H groups in total. The fourth-order valence-electron chi connectivity index (χ4n) is 5.71. The number of benzene rings is 1. The van der Waals surface area contributed by atoms with Crippen molar-refractivity contribution in [3.63, 3.8) is 0 Å². The molecule has 4 fully saturated rings. The Labute approximate surface area is 172 Å². The number of carbonyl (C=O) groups is 1. The van der Waals surface area contributed by atoms with Gasteiger partial charge in [0.15, 0.2) is 4.34 Å². The fourth-order valence-corrected chi connectivity index (χ4v) is 7.61. The number of nitrogens with zero attached hydrogens (tertiary/aromatic N) is 2. The summed E-state index contributed by atoms with van der Waals surface area (Å²) in [4.78, 5) is 13.1. The Bertz CT molecular complexity index is 833. The zero-order chi connectivity index (χ0) is 18.4. The van der Waals surface area contributed by atoms with Crippen LogP contribution in [-0.4, -0.2) is 16.1 Å². The topological polar surface area (TPSA) is 54.9 Å². The smallest absolute Gasteiger partial charge is 0.232 e. The molecule has 4 aliphatic rings. The zero-order valence-corrected chi connectivity index (χ0v) is 17.4. The number of hydrogen-bond acceptors (Lipinski definition) is 5. The first kappa shape index (κ1) is 18.0. The summed E-state index contributed by atoms with van der Waals surface area (Å²) in [5.74, 6) is 3.27. The molecular formula is C20H22ClN3OS2. The lowest BCUT2D eigenvalue weighted by molar-refractivity contribution is -0.140. The number of hydrogen-bond donors (Lipinski definition) is 1. The Morgan fingerprint density at radius 1 is 1.19 bits per heavy atom. The summed E-state index contributed by atoms with van der Waals surface area (Å²) in [6.45, 7) is 0. The second kappa shape index (κ2) is 7.05. The molecular weight excluding hydrogens is 398 g/mol. The van der Waals surface area contributed by atoms with E-state index in [9.17, 15) is 4.79 Å². The monoisotopic (exact) mass is 419 g/mol. The van der Waals surface area contributed by atoms with E-state index in [-0.39, 0.29) is 11.3 Å². The maximum absolute atomic E-state index is 13.1. The third-order valence-corrected chi connectivity index (χ3v) is 8.68. The Morgan fingerprint density at radius 3 is 2.56 bits per heavy atom. The van der Waals surface area contributed by atoms with Crippen LogP contribution in [0.3, 0.4) is 0 Å². The number of carbonyl (C=O) groups excluding carboxylic acids is 1. The molecule has 0 unspecified atom stereocenters. The minimum absolute atomic E-state index is 0.144. The molecule has 1 aromatic heterocycles. The van der Waals surface area contributed by atoms with Gasteiger partial charge < -0.3 is 5.32 Å². The van der Waals surface area contributed by atoms with Gasteiger partial charge in [-0.3, -0.25) is 4.79 Å². The molecule has 4 saturated carbocycles. The zero-order valence-electron chi connectivity index (χ0n) is 15.0. The highest BCUT2D eigenvalue weighted by Crippen LogP contribution is 2.60. The Hall–Kier alpha value is -1.11. The van der Waals surface area contributed by atoms with Crippen LogP contribution in [0.5, 0.6) is 0 Å². The van der Waals surface area contributed by atoms with Gasteiger partial charge in [-0.25, -0.2) is 0 Å². The highest BCUT2D eigenvalue weighted by molar-refractivity contribution is 8.00. The minimum Gasteiger partial charge on any atom is -0.300 e. The number of nitrogens with one attached hydrogen (secondary N) is 1. The van der Waals surface area contributed by atoms with E-state index in [2.05, 4.69) is 21.6 Å². The Kier molecular flexibility index (Phi) is 4.69. The van der Waals surface area contributed by atoms with Gasteiger partial charge in [-0.1, -0.05) is 46.8 Å². The SMILES string of the molecule is O=C(Nc1nnc(SCc2cccc(Cl)c2)s1)C12CC3CC(CC(C3)C1)C2. The van der Waals surface area contributed by atoms with E-state index in [1.54, 1.807) is 11.8 Å². The van der Waals surface area contributed by atoms with Crippen molar-refractivity contribution in [2.45, 2.75) is 48.6 Å². The van der Waals surface area contributed by atoms with Gasteiger partial charge in [0.25, 0.3) is 0 Å². The van der Waals surface area contributed by atoms with E-state index >= 15 is 0 Å². The number of anilines is 1. The molecule has 1 amide bonds. The van der Waals surface area contributed by atoms with Crippen molar-refractivity contribution in [1.82, 2.24) is 10.2 Å². The third-order valence-electron chi connectivity index (χ3n) is 6.40. The average Bonchev–Trinajstić information content (AvgIpc) is 3.06. The van der Waals surface area contributed by atoms with Crippen molar-refractivity contribution in [2.24, 2.45) is 23.2 Å². The number of amides is 1. The van der Waals surface area contributed by atoms with Crippen molar-refractivity contribution in [2.75, 3.05) is 5.32 Å². The molecule has 7 heteroatoms. The van der Waals surface area contributed by atoms with Crippen LogP contribution >= 0.6 is 34.7 Å². The van der Waals surface area contributed by atoms with Gasteiger partial charge in [0, 0.05) is 10.8 Å². The van der Waals surface area contributed by atoms with Gasteiger partial charge in [-0.15, -0.1) is 10.2 Å². The van der Waals surface area contributed by atoms with Gasteiger partial charge in [0.05, 0.1) is 5.41 Å². The molecule has 2 aromatic rings. The maximum atomic E-state index is 13.1. The largest absolute Gasteiger partial charge is 0.300 e. The lowest BCUT2D eigenvalue weighted by Gasteiger charge is -2.55. The molecule has 0 radical (unpaired) electrons. The molecule has 1 aromatic carbocycles. The van der Waals surface area contributed by atoms with Crippen molar-refractivity contribution in [1.29, 1.82) is 0 Å². The normalized spacial score (nSPS) is 31.2. The van der Waals surface area contributed by atoms with Crippen LogP contribution in [0.2, 0.25) is 5.02 Å². The second-order valence-electron chi connectivity index (χ2n) is 8.44. The highest BCUT2D eigenvalue weighted by Gasteiger charge is 2.54. The summed E-state index contributed by atoms with van der Waals surface area (Å²) in [5.41, 5.74) is 1.01. The van der Waals surface area contributed by atoms with Crippen LogP contribution in [0.15, 0.2) is 28.6 Å². The van der Waals surface area contributed by atoms with Crippen LogP contribution in [0.25, 0.3) is 0 Å². The van der Waals surface area contributed by atoms with E-state index in [1.807, 2.05) is 18.2 Å². The summed E-state index contributed by atoms with van der Waals surface area (Å²) < 4.78 is 0.871. The molecule has 0 atom stereocenters. The first-order valence-corrected chi connectivity index (χ1v) is 11.8. The van der Waals surface area contributed by atoms with Crippen molar-refractivity contribution < 1.29 is 4.79 Å². The fraction of sp³-hybridized carbons (Fsp3) is 0.550. The van der Waals surface area contributed by atoms with Gasteiger partial charge >= 0.3 is 0 Å². The lowest BCUT2D eigenvalue weighted by Crippen LogP contribution is -2.51. The van der Waals surface area contributed by atoms with E-state index in [0.717, 1.165) is 57.7 Å². The average molecular weight is 420 g/mol. The molecule has 0 saturated heterocycles. The molecule has 4 nitrogen and oxygen atoms in total. The van der Waals surface area contributed by atoms with Crippen LogP contribution in [0, 0.1) is 23.2 Å². The number of aromatic nitrogens is 2. The molecule has 4 bridgehead atoms. The standard InChI is InChI=1S/C20H22ClN3OS2/c21-16-3-1-2-12(7-16)11-26-19-24-23-18(27-19)22-17(25)20-8-13-4-14(9-20)6-15(5-13)10-20/h1-3,7,13-15H,4-6,8-11H2,(H,22,23,25).